The highest BCUT2D eigenvalue weighted by molar-refractivity contribution is 5.70. The van der Waals surface area contributed by atoms with E-state index in [4.69, 9.17) is 9.47 Å². The largest absolute Gasteiger partial charge is 0.490 e. The van der Waals surface area contributed by atoms with Crippen molar-refractivity contribution >= 4 is 6.09 Å². The lowest BCUT2D eigenvalue weighted by atomic mass is 10.1. The maximum atomic E-state index is 12.7. The van der Waals surface area contributed by atoms with Crippen molar-refractivity contribution in [1.82, 2.24) is 5.32 Å². The molecule has 1 amide bonds. The highest BCUT2D eigenvalue weighted by Crippen LogP contribution is 2.36. The Morgan fingerprint density at radius 1 is 1.42 bits per heavy atom. The zero-order valence-corrected chi connectivity index (χ0v) is 10.1. The minimum absolute atomic E-state index is 0.0556. The molecule has 0 bridgehead atoms. The SMILES string of the molecule is CC1(COc2ccccc2C(F)(F)F)COC(=O)N1. The van der Waals surface area contributed by atoms with Gasteiger partial charge in [-0.1, -0.05) is 12.1 Å². The lowest BCUT2D eigenvalue weighted by Crippen LogP contribution is -2.45. The van der Waals surface area contributed by atoms with Crippen molar-refractivity contribution in [2.24, 2.45) is 0 Å². The molecule has 1 aromatic rings. The summed E-state index contributed by atoms with van der Waals surface area (Å²) in [5.74, 6) is -0.266. The van der Waals surface area contributed by atoms with E-state index in [1.165, 1.54) is 18.2 Å². The first-order valence-corrected chi connectivity index (χ1v) is 5.54. The third kappa shape index (κ3) is 3.10. The van der Waals surface area contributed by atoms with Crippen LogP contribution in [0.15, 0.2) is 24.3 Å². The minimum atomic E-state index is -4.48. The van der Waals surface area contributed by atoms with Crippen LogP contribution in [0.25, 0.3) is 0 Å². The summed E-state index contributed by atoms with van der Waals surface area (Å²) >= 11 is 0. The average molecular weight is 275 g/mol. The molecule has 1 aliphatic heterocycles. The van der Waals surface area contributed by atoms with Crippen molar-refractivity contribution in [1.29, 1.82) is 0 Å². The van der Waals surface area contributed by atoms with Crippen molar-refractivity contribution < 1.29 is 27.4 Å². The van der Waals surface area contributed by atoms with Gasteiger partial charge in [0, 0.05) is 0 Å². The molecule has 0 aromatic heterocycles. The number of carbonyl (C=O) groups is 1. The van der Waals surface area contributed by atoms with E-state index in [9.17, 15) is 18.0 Å². The predicted molar refractivity (Wildman–Crippen MR) is 59.8 cm³/mol. The Morgan fingerprint density at radius 3 is 2.68 bits per heavy atom. The first kappa shape index (κ1) is 13.5. The first-order chi connectivity index (χ1) is 8.80. The molecule has 1 saturated heterocycles. The van der Waals surface area contributed by atoms with E-state index in [1.54, 1.807) is 6.92 Å². The molecule has 0 aliphatic carbocycles. The molecule has 19 heavy (non-hydrogen) atoms. The number of amides is 1. The van der Waals surface area contributed by atoms with E-state index in [-0.39, 0.29) is 19.0 Å². The van der Waals surface area contributed by atoms with Crippen LogP contribution in [0, 0.1) is 0 Å². The Hall–Kier alpha value is -1.92. The molecule has 1 atom stereocenters. The quantitative estimate of drug-likeness (QED) is 0.922. The highest BCUT2D eigenvalue weighted by atomic mass is 19.4. The second kappa shape index (κ2) is 4.64. The van der Waals surface area contributed by atoms with Crippen LogP contribution in [-0.4, -0.2) is 24.8 Å². The van der Waals surface area contributed by atoms with Gasteiger partial charge in [-0.3, -0.25) is 0 Å². The van der Waals surface area contributed by atoms with Crippen LogP contribution < -0.4 is 10.1 Å². The second-order valence-electron chi connectivity index (χ2n) is 4.54. The predicted octanol–water partition coefficient (Wildman–Crippen LogP) is 2.58. The number of rotatable bonds is 3. The van der Waals surface area contributed by atoms with Crippen molar-refractivity contribution in [3.05, 3.63) is 29.8 Å². The molecule has 1 unspecified atom stereocenters. The van der Waals surface area contributed by atoms with Gasteiger partial charge in [0.2, 0.25) is 0 Å². The molecular weight excluding hydrogens is 263 g/mol. The van der Waals surface area contributed by atoms with Crippen molar-refractivity contribution in [2.45, 2.75) is 18.6 Å². The van der Waals surface area contributed by atoms with Gasteiger partial charge in [-0.2, -0.15) is 13.2 Å². The van der Waals surface area contributed by atoms with E-state index in [2.05, 4.69) is 5.32 Å². The van der Waals surface area contributed by atoms with Crippen LogP contribution in [0.4, 0.5) is 18.0 Å². The minimum Gasteiger partial charge on any atom is -0.490 e. The summed E-state index contributed by atoms with van der Waals surface area (Å²) in [7, 11) is 0. The number of alkyl carbamates (subject to hydrolysis) is 1. The summed E-state index contributed by atoms with van der Waals surface area (Å²) in [5, 5.41) is 2.49. The Kier molecular flexibility index (Phi) is 3.30. The fraction of sp³-hybridized carbons (Fsp3) is 0.417. The fourth-order valence-electron chi connectivity index (χ4n) is 1.68. The molecule has 1 heterocycles. The number of cyclic esters (lactones) is 1. The highest BCUT2D eigenvalue weighted by Gasteiger charge is 2.38. The number of halogens is 3. The van der Waals surface area contributed by atoms with E-state index in [0.717, 1.165) is 6.07 Å². The molecule has 2 rings (SSSR count). The van der Waals surface area contributed by atoms with Crippen LogP contribution in [0.3, 0.4) is 0 Å². The Morgan fingerprint density at radius 2 is 2.11 bits per heavy atom. The number of para-hydroxylation sites is 1. The van der Waals surface area contributed by atoms with E-state index < -0.39 is 23.4 Å². The molecule has 0 radical (unpaired) electrons. The lowest BCUT2D eigenvalue weighted by Gasteiger charge is -2.22. The number of ether oxygens (including phenoxy) is 2. The van der Waals surface area contributed by atoms with Gasteiger partial charge in [0.1, 0.15) is 24.5 Å². The molecule has 1 aliphatic rings. The molecular formula is C12H12F3NO3. The van der Waals surface area contributed by atoms with Gasteiger partial charge in [-0.05, 0) is 19.1 Å². The second-order valence-corrected chi connectivity index (χ2v) is 4.54. The van der Waals surface area contributed by atoms with Crippen LogP contribution in [0.1, 0.15) is 12.5 Å². The number of hydrogen-bond acceptors (Lipinski definition) is 3. The summed E-state index contributed by atoms with van der Waals surface area (Å²) in [6, 6.07) is 4.93. The smallest absolute Gasteiger partial charge is 0.419 e. The van der Waals surface area contributed by atoms with Crippen molar-refractivity contribution in [3.8, 4) is 5.75 Å². The fourth-order valence-corrected chi connectivity index (χ4v) is 1.68. The molecule has 0 spiro atoms. The summed E-state index contributed by atoms with van der Waals surface area (Å²) in [5.41, 5.74) is -1.67. The summed E-state index contributed by atoms with van der Waals surface area (Å²) in [4.78, 5) is 10.9. The van der Waals surface area contributed by atoms with Gasteiger partial charge in [-0.25, -0.2) is 4.79 Å². The first-order valence-electron chi connectivity index (χ1n) is 5.54. The number of alkyl halides is 3. The third-order valence-electron chi connectivity index (χ3n) is 2.66. The summed E-state index contributed by atoms with van der Waals surface area (Å²) in [6.45, 7) is 1.58. The number of carbonyl (C=O) groups excluding carboxylic acids is 1. The zero-order valence-electron chi connectivity index (χ0n) is 10.1. The Balaban J connectivity index is 2.10. The monoisotopic (exact) mass is 275 g/mol. The zero-order chi connectivity index (χ0) is 14.1. The maximum absolute atomic E-state index is 12.7. The molecule has 7 heteroatoms. The van der Waals surface area contributed by atoms with Gasteiger partial charge in [-0.15, -0.1) is 0 Å². The molecule has 0 saturated carbocycles. The van der Waals surface area contributed by atoms with E-state index >= 15 is 0 Å². The normalized spacial score (nSPS) is 22.8. The van der Waals surface area contributed by atoms with Crippen LogP contribution in [0.2, 0.25) is 0 Å². The van der Waals surface area contributed by atoms with Gasteiger partial charge in [0.05, 0.1) is 5.56 Å². The number of nitrogens with one attached hydrogen (secondary N) is 1. The Bertz CT molecular complexity index is 489. The summed E-state index contributed by atoms with van der Waals surface area (Å²) < 4.78 is 48.1. The Labute approximate surface area is 107 Å². The van der Waals surface area contributed by atoms with Crippen LogP contribution >= 0.6 is 0 Å². The van der Waals surface area contributed by atoms with Gasteiger partial charge in [0.25, 0.3) is 0 Å². The van der Waals surface area contributed by atoms with E-state index in [1.807, 2.05) is 0 Å². The molecule has 104 valence electrons. The van der Waals surface area contributed by atoms with Gasteiger partial charge >= 0.3 is 12.3 Å². The van der Waals surface area contributed by atoms with Gasteiger partial charge in [0.15, 0.2) is 0 Å². The molecule has 1 aromatic carbocycles. The van der Waals surface area contributed by atoms with Crippen LogP contribution in [0.5, 0.6) is 5.75 Å². The van der Waals surface area contributed by atoms with Crippen molar-refractivity contribution in [2.75, 3.05) is 13.2 Å². The number of benzene rings is 1. The van der Waals surface area contributed by atoms with Gasteiger partial charge < -0.3 is 14.8 Å². The lowest BCUT2D eigenvalue weighted by molar-refractivity contribution is -0.139. The van der Waals surface area contributed by atoms with Crippen LogP contribution in [-0.2, 0) is 10.9 Å². The van der Waals surface area contributed by atoms with E-state index in [0.29, 0.717) is 0 Å². The molecule has 1 fully saturated rings. The topological polar surface area (TPSA) is 47.6 Å². The number of hydrogen-bond donors (Lipinski definition) is 1. The molecule has 4 nitrogen and oxygen atoms in total. The maximum Gasteiger partial charge on any atom is 0.419 e. The van der Waals surface area contributed by atoms with Crippen molar-refractivity contribution in [3.63, 3.8) is 0 Å². The summed E-state index contributed by atoms with van der Waals surface area (Å²) in [6.07, 6.45) is -5.08. The molecule has 1 N–H and O–H groups in total. The standard InChI is InChI=1S/C12H12F3NO3/c1-11(7-19-10(17)16-11)6-18-9-5-3-2-4-8(9)12(13,14)15/h2-5H,6-7H2,1H3,(H,16,17). The third-order valence-corrected chi connectivity index (χ3v) is 2.66. The average Bonchev–Trinajstić information content (AvgIpc) is 2.67.